The molecule has 0 spiro atoms. The molecule has 1 saturated carbocycles. The zero-order valence-corrected chi connectivity index (χ0v) is 12.9. The van der Waals surface area contributed by atoms with E-state index in [2.05, 4.69) is 17.4 Å². The maximum absolute atomic E-state index is 12.1. The van der Waals surface area contributed by atoms with Crippen LogP contribution in [0.15, 0.2) is 30.3 Å². The van der Waals surface area contributed by atoms with E-state index in [1.165, 1.54) is 5.56 Å². The third kappa shape index (κ3) is 4.86. The van der Waals surface area contributed by atoms with Gasteiger partial charge in [0.25, 0.3) is 0 Å². The number of aryl methyl sites for hydroxylation is 1. The molecule has 1 fully saturated rings. The fraction of sp³-hybridized carbons (Fsp3) is 0.556. The minimum atomic E-state index is -1.08. The van der Waals surface area contributed by atoms with Gasteiger partial charge in [-0.05, 0) is 37.7 Å². The number of carboxylic acids is 1. The summed E-state index contributed by atoms with van der Waals surface area (Å²) in [4.78, 5) is 23.3. The van der Waals surface area contributed by atoms with Crippen LogP contribution in [0.25, 0.3) is 0 Å². The van der Waals surface area contributed by atoms with Crippen LogP contribution in [0.3, 0.4) is 0 Å². The van der Waals surface area contributed by atoms with Crippen LogP contribution in [0.4, 0.5) is 0 Å². The molecule has 0 unspecified atom stereocenters. The molecule has 0 aromatic heterocycles. The molecule has 1 aliphatic carbocycles. The van der Waals surface area contributed by atoms with Crippen molar-refractivity contribution in [2.24, 2.45) is 11.8 Å². The highest BCUT2D eigenvalue weighted by Gasteiger charge is 2.31. The molecule has 1 aromatic carbocycles. The molecule has 4 heteroatoms. The summed E-state index contributed by atoms with van der Waals surface area (Å²) in [5.41, 5.74) is 1.30. The second-order valence-electron chi connectivity index (χ2n) is 6.05. The Kier molecular flexibility index (Phi) is 6.44. The van der Waals surface area contributed by atoms with Gasteiger partial charge in [0.2, 0.25) is 5.91 Å². The van der Waals surface area contributed by atoms with Gasteiger partial charge in [-0.15, -0.1) is 0 Å². The first-order valence-electron chi connectivity index (χ1n) is 8.21. The Morgan fingerprint density at radius 1 is 1.05 bits per heavy atom. The van der Waals surface area contributed by atoms with E-state index in [0.717, 1.165) is 32.1 Å². The second kappa shape index (κ2) is 8.57. The van der Waals surface area contributed by atoms with Gasteiger partial charge >= 0.3 is 0 Å². The third-order valence-corrected chi connectivity index (χ3v) is 4.44. The summed E-state index contributed by atoms with van der Waals surface area (Å²) in [6.07, 6.45) is 5.95. The van der Waals surface area contributed by atoms with Gasteiger partial charge in [-0.25, -0.2) is 0 Å². The molecule has 0 aliphatic heterocycles. The highest BCUT2D eigenvalue weighted by molar-refractivity contribution is 5.84. The molecule has 2 rings (SSSR count). The number of carbonyl (C=O) groups is 2. The molecular weight excluding hydrogens is 278 g/mol. The Labute approximate surface area is 131 Å². The number of hydrogen-bond donors (Lipinski definition) is 1. The molecule has 1 aromatic rings. The number of amides is 1. The van der Waals surface area contributed by atoms with Crippen LogP contribution in [0.2, 0.25) is 0 Å². The number of carboxylic acid groups (broad SMARTS) is 1. The molecule has 0 bridgehead atoms. The Bertz CT molecular complexity index is 486. The summed E-state index contributed by atoms with van der Waals surface area (Å²) < 4.78 is 0. The van der Waals surface area contributed by atoms with Crippen molar-refractivity contribution in [3.05, 3.63) is 35.9 Å². The fourth-order valence-corrected chi connectivity index (χ4v) is 3.17. The largest absolute Gasteiger partial charge is 0.550 e. The molecule has 0 radical (unpaired) electrons. The standard InChI is InChI=1S/C18H25NO3/c20-17(15-11-4-5-12-16(15)18(21)22)19-13-7-6-10-14-8-2-1-3-9-14/h1-3,8-9,15-16H,4-7,10-13H2,(H,19,20)(H,21,22)/p-1/t15-,16+/m1/s1. The number of benzene rings is 1. The van der Waals surface area contributed by atoms with Gasteiger partial charge in [-0.2, -0.15) is 0 Å². The lowest BCUT2D eigenvalue weighted by atomic mass is 9.78. The zero-order valence-electron chi connectivity index (χ0n) is 12.9. The van der Waals surface area contributed by atoms with Gasteiger partial charge in [-0.1, -0.05) is 43.2 Å². The zero-order chi connectivity index (χ0) is 15.8. The first-order chi connectivity index (χ1) is 10.7. The quantitative estimate of drug-likeness (QED) is 0.779. The Morgan fingerprint density at radius 3 is 2.41 bits per heavy atom. The highest BCUT2D eigenvalue weighted by atomic mass is 16.4. The Morgan fingerprint density at radius 2 is 1.73 bits per heavy atom. The van der Waals surface area contributed by atoms with Crippen molar-refractivity contribution < 1.29 is 14.7 Å². The maximum atomic E-state index is 12.1. The average Bonchev–Trinajstić information content (AvgIpc) is 2.55. The number of unbranched alkanes of at least 4 members (excludes halogenated alkanes) is 1. The smallest absolute Gasteiger partial charge is 0.223 e. The number of carbonyl (C=O) groups excluding carboxylic acids is 2. The van der Waals surface area contributed by atoms with Crippen molar-refractivity contribution in [1.29, 1.82) is 0 Å². The predicted molar refractivity (Wildman–Crippen MR) is 82.8 cm³/mol. The molecule has 1 N–H and O–H groups in total. The van der Waals surface area contributed by atoms with Gasteiger partial charge < -0.3 is 15.2 Å². The third-order valence-electron chi connectivity index (χ3n) is 4.44. The maximum Gasteiger partial charge on any atom is 0.223 e. The summed E-state index contributed by atoms with van der Waals surface area (Å²) in [5, 5.41) is 14.0. The van der Waals surface area contributed by atoms with Gasteiger partial charge in [-0.3, -0.25) is 4.79 Å². The van der Waals surface area contributed by atoms with Crippen LogP contribution in [-0.4, -0.2) is 18.4 Å². The van der Waals surface area contributed by atoms with Crippen molar-refractivity contribution in [2.75, 3.05) is 6.54 Å². The minimum Gasteiger partial charge on any atom is -0.550 e. The second-order valence-corrected chi connectivity index (χ2v) is 6.05. The monoisotopic (exact) mass is 302 g/mol. The van der Waals surface area contributed by atoms with E-state index < -0.39 is 17.8 Å². The summed E-state index contributed by atoms with van der Waals surface area (Å²) in [6, 6.07) is 10.3. The van der Waals surface area contributed by atoms with E-state index in [1.54, 1.807) is 0 Å². The van der Waals surface area contributed by atoms with Crippen LogP contribution in [0.1, 0.15) is 44.1 Å². The van der Waals surface area contributed by atoms with E-state index in [-0.39, 0.29) is 5.91 Å². The van der Waals surface area contributed by atoms with Crippen LogP contribution in [-0.2, 0) is 16.0 Å². The SMILES string of the molecule is O=C([O-])[C@H]1CCCC[C@H]1C(=O)NCCCCc1ccccc1. The Hall–Kier alpha value is -1.84. The molecule has 2 atom stereocenters. The van der Waals surface area contributed by atoms with Gasteiger partial charge in [0.15, 0.2) is 0 Å². The van der Waals surface area contributed by atoms with Gasteiger partial charge in [0.05, 0.1) is 0 Å². The number of aliphatic carboxylic acids is 1. The topological polar surface area (TPSA) is 69.2 Å². The Balaban J connectivity index is 1.67. The minimum absolute atomic E-state index is 0.117. The predicted octanol–water partition coefficient (Wildman–Crippen LogP) is 1.68. The summed E-state index contributed by atoms with van der Waals surface area (Å²) in [5.74, 6) is -2.22. The lowest BCUT2D eigenvalue weighted by Crippen LogP contribution is -2.44. The summed E-state index contributed by atoms with van der Waals surface area (Å²) in [7, 11) is 0. The molecule has 0 saturated heterocycles. The number of nitrogens with one attached hydrogen (secondary N) is 1. The highest BCUT2D eigenvalue weighted by Crippen LogP contribution is 2.29. The average molecular weight is 302 g/mol. The van der Waals surface area contributed by atoms with Crippen molar-refractivity contribution in [3.8, 4) is 0 Å². The summed E-state index contributed by atoms with van der Waals surface area (Å²) >= 11 is 0. The molecule has 1 aliphatic rings. The van der Waals surface area contributed by atoms with E-state index in [1.807, 2.05) is 18.2 Å². The van der Waals surface area contributed by atoms with Crippen molar-refractivity contribution in [1.82, 2.24) is 5.32 Å². The molecule has 0 heterocycles. The lowest BCUT2D eigenvalue weighted by molar-refractivity contribution is -0.314. The number of hydrogen-bond acceptors (Lipinski definition) is 3. The van der Waals surface area contributed by atoms with Crippen molar-refractivity contribution >= 4 is 11.9 Å². The molecule has 4 nitrogen and oxygen atoms in total. The van der Waals surface area contributed by atoms with Crippen LogP contribution in [0.5, 0.6) is 0 Å². The summed E-state index contributed by atoms with van der Waals surface area (Å²) in [6.45, 7) is 0.613. The van der Waals surface area contributed by atoms with Crippen LogP contribution >= 0.6 is 0 Å². The normalized spacial score (nSPS) is 21.3. The van der Waals surface area contributed by atoms with E-state index in [0.29, 0.717) is 19.4 Å². The fourth-order valence-electron chi connectivity index (χ4n) is 3.17. The van der Waals surface area contributed by atoms with Gasteiger partial charge in [0, 0.05) is 24.3 Å². The van der Waals surface area contributed by atoms with E-state index >= 15 is 0 Å². The first kappa shape index (κ1) is 16.5. The van der Waals surface area contributed by atoms with E-state index in [4.69, 9.17) is 0 Å². The molecule has 120 valence electrons. The number of rotatable bonds is 7. The van der Waals surface area contributed by atoms with Crippen molar-refractivity contribution in [3.63, 3.8) is 0 Å². The molecule has 1 amide bonds. The lowest BCUT2D eigenvalue weighted by Gasteiger charge is -2.31. The molecular formula is C18H24NO3-. The van der Waals surface area contributed by atoms with Gasteiger partial charge in [0.1, 0.15) is 0 Å². The first-order valence-corrected chi connectivity index (χ1v) is 8.21. The van der Waals surface area contributed by atoms with Crippen LogP contribution < -0.4 is 10.4 Å². The van der Waals surface area contributed by atoms with Crippen LogP contribution in [0, 0.1) is 11.8 Å². The molecule has 22 heavy (non-hydrogen) atoms. The van der Waals surface area contributed by atoms with Crippen molar-refractivity contribution in [2.45, 2.75) is 44.9 Å². The van der Waals surface area contributed by atoms with E-state index in [9.17, 15) is 14.7 Å².